The molecule has 2 aromatic carbocycles. The largest absolute Gasteiger partial charge is 0.494 e. The Labute approximate surface area is 479 Å². The van der Waals surface area contributed by atoms with Crippen molar-refractivity contribution in [3.8, 4) is 5.75 Å². The number of benzene rings is 2. The molecule has 5 fully saturated rings. The Bertz CT molecular complexity index is 2630. The third kappa shape index (κ3) is 16.8. The van der Waals surface area contributed by atoms with Gasteiger partial charge in [-0.2, -0.15) is 0 Å². The molecule has 7 rings (SSSR count). The van der Waals surface area contributed by atoms with Gasteiger partial charge in [-0.05, 0) is 136 Å². The van der Waals surface area contributed by atoms with Crippen molar-refractivity contribution in [2.45, 2.75) is 166 Å². The highest BCUT2D eigenvalue weighted by molar-refractivity contribution is 6.14. The van der Waals surface area contributed by atoms with E-state index in [0.717, 1.165) is 44.1 Å². The van der Waals surface area contributed by atoms with Crippen molar-refractivity contribution in [3.63, 3.8) is 0 Å². The van der Waals surface area contributed by atoms with Gasteiger partial charge < -0.3 is 64.9 Å². The minimum Gasteiger partial charge on any atom is -0.494 e. The Morgan fingerprint density at radius 1 is 0.707 bits per heavy atom. The average molecular weight is 1140 g/mol. The molecule has 448 valence electrons. The molecule has 0 spiro atoms. The zero-order chi connectivity index (χ0) is 59.9. The van der Waals surface area contributed by atoms with Crippen LogP contribution in [-0.4, -0.2) is 138 Å². The van der Waals surface area contributed by atoms with Crippen molar-refractivity contribution in [2.24, 2.45) is 62.7 Å². The molecular formula is C58H85N13O11. The van der Waals surface area contributed by atoms with Crippen LogP contribution < -0.4 is 65.3 Å². The van der Waals surface area contributed by atoms with Crippen LogP contribution in [0.5, 0.6) is 5.75 Å². The molecule has 4 aliphatic carbocycles. The van der Waals surface area contributed by atoms with E-state index in [1.807, 2.05) is 6.92 Å². The summed E-state index contributed by atoms with van der Waals surface area (Å²) < 4.78 is 5.50. The molecule has 1 saturated heterocycles. The molecule has 1 aliphatic heterocycles. The number of ether oxygens (including phenoxy) is 1. The highest BCUT2D eigenvalue weighted by Gasteiger charge is 2.59. The van der Waals surface area contributed by atoms with Gasteiger partial charge in [0.2, 0.25) is 47.3 Å². The summed E-state index contributed by atoms with van der Waals surface area (Å²) in [6.07, 6.45) is 6.14. The third-order valence-electron chi connectivity index (χ3n) is 16.4. The summed E-state index contributed by atoms with van der Waals surface area (Å²) >= 11 is 0. The van der Waals surface area contributed by atoms with Crippen LogP contribution in [-0.2, 0) is 60.8 Å². The molecule has 0 radical (unpaired) electrons. The number of nitrogens with zero attached hydrogens (tertiary/aromatic N) is 2. The highest BCUT2D eigenvalue weighted by atomic mass is 16.5. The molecule has 1 heterocycles. The maximum atomic E-state index is 15.0. The lowest BCUT2D eigenvalue weighted by molar-refractivity contribution is -0.156. The average Bonchev–Trinajstić information content (AvgIpc) is 3.44. The zero-order valence-corrected chi connectivity index (χ0v) is 47.7. The van der Waals surface area contributed by atoms with Crippen molar-refractivity contribution in [1.29, 1.82) is 0 Å². The van der Waals surface area contributed by atoms with Crippen LogP contribution in [0.4, 0.5) is 0 Å². The van der Waals surface area contributed by atoms with Crippen molar-refractivity contribution in [3.05, 3.63) is 65.7 Å². The number of carbonyl (C=O) groups excluding carboxylic acids is 10. The van der Waals surface area contributed by atoms with E-state index in [1.54, 1.807) is 75.4 Å². The minimum atomic E-state index is -1.96. The SMILES string of the molecule is CCOc1ccc(C[C@H](N)C(=O)N[C@@H](Cc2ccccc2)C(=O)N[C@H](C(=O)N[C@@H](CC(N)=O)C(=O)NC(=O)CNC(=O)[C@H](CCCN=C(N)N)NC(=O)[C@]2(C(=O)CC34CC5CC(CC(C5)C3)C4)CCCN2C(=O)C(N)CC)C(C)C)cc1. The second-order valence-electron chi connectivity index (χ2n) is 23.2. The smallest absolute Gasteiger partial charge is 0.254 e. The molecule has 7 atom stereocenters. The molecule has 82 heavy (non-hydrogen) atoms. The van der Waals surface area contributed by atoms with Crippen LogP contribution in [0.3, 0.4) is 0 Å². The molecule has 16 N–H and O–H groups in total. The summed E-state index contributed by atoms with van der Waals surface area (Å²) in [5.74, 6) is -7.01. The van der Waals surface area contributed by atoms with E-state index in [9.17, 15) is 43.2 Å². The molecule has 2 aromatic rings. The first-order chi connectivity index (χ1) is 39.0. The highest BCUT2D eigenvalue weighted by Crippen LogP contribution is 2.62. The Kier molecular flexibility index (Phi) is 22.5. The van der Waals surface area contributed by atoms with Gasteiger partial charge >= 0.3 is 0 Å². The quantitative estimate of drug-likeness (QED) is 0.0208. The van der Waals surface area contributed by atoms with E-state index >= 15 is 4.79 Å². The number of guanidine groups is 1. The maximum Gasteiger partial charge on any atom is 0.254 e. The predicted molar refractivity (Wildman–Crippen MR) is 304 cm³/mol. The fourth-order valence-electron chi connectivity index (χ4n) is 12.8. The molecule has 4 saturated carbocycles. The summed E-state index contributed by atoms with van der Waals surface area (Å²) in [6, 6.07) is 8.09. The van der Waals surface area contributed by atoms with Gasteiger partial charge in [0.05, 0.1) is 31.7 Å². The Hall–Kier alpha value is -7.47. The Morgan fingerprint density at radius 3 is 1.91 bits per heavy atom. The number of likely N-dealkylation sites (tertiary alicyclic amines) is 1. The molecule has 1 unspecified atom stereocenters. The Morgan fingerprint density at radius 2 is 1.33 bits per heavy atom. The number of ketones is 1. The van der Waals surface area contributed by atoms with Crippen LogP contribution in [0.15, 0.2) is 59.6 Å². The minimum absolute atomic E-state index is 0.00681. The number of hydrogen-bond acceptors (Lipinski definition) is 14. The summed E-state index contributed by atoms with van der Waals surface area (Å²) in [6.45, 7) is 6.59. The summed E-state index contributed by atoms with van der Waals surface area (Å²) in [4.78, 5) is 144. The van der Waals surface area contributed by atoms with Crippen molar-refractivity contribution in [1.82, 2.24) is 36.8 Å². The molecule has 0 aromatic heterocycles. The maximum absolute atomic E-state index is 15.0. The summed E-state index contributed by atoms with van der Waals surface area (Å²) in [5, 5.41) is 15.0. The summed E-state index contributed by atoms with van der Waals surface area (Å²) in [5.41, 5.74) is 28.4. The lowest BCUT2D eigenvalue weighted by Gasteiger charge is -2.57. The first kappa shape index (κ1) is 63.7. The number of primary amides is 1. The number of aliphatic imine (C=N–C) groups is 1. The number of nitrogens with two attached hydrogens (primary N) is 5. The van der Waals surface area contributed by atoms with Crippen LogP contribution in [0.1, 0.15) is 122 Å². The lowest BCUT2D eigenvalue weighted by Crippen LogP contribution is -2.67. The standard InChI is InChI=1S/C58H85N13O11/c1-5-40(59)54(80)71-21-11-19-58(71,45(72)31-57-28-36-22-37(29-57)24-38(23-36)30-57)55(81)68-42(14-10-20-64-56(62)63)50(76)65-32-47(74)69-51(77)44(27-46(61)73)67-53(79)48(33(3)4)70-52(78)43(26-34-12-8-7-9-13-34)66-49(75)41(60)25-35-15-17-39(18-16-35)82-6-2/h7-9,12-13,15-18,33,36-38,40-44,48H,5-6,10-11,14,19-32,59-60H2,1-4H3,(H2,61,73)(H,65,76)(H,66,75)(H,67,79)(H,68,81)(H,70,78)(H4,62,63,64)(H,69,74,77)/t36?,37?,38?,40?,41-,42-,43-,44-,48-,57?,58+/m0/s1. The van der Waals surface area contributed by atoms with E-state index < -0.39 is 120 Å². The van der Waals surface area contributed by atoms with Crippen molar-refractivity contribution >= 4 is 64.9 Å². The summed E-state index contributed by atoms with van der Waals surface area (Å²) in [7, 11) is 0. The van der Waals surface area contributed by atoms with Gasteiger partial charge in [-0.1, -0.05) is 63.2 Å². The number of imide groups is 1. The predicted octanol–water partition coefficient (Wildman–Crippen LogP) is -0.245. The number of carbonyl (C=O) groups is 10. The fourth-order valence-corrected chi connectivity index (χ4v) is 12.8. The number of Topliss-reactive ketones (excluding diaryl/α,β-unsaturated/α-hetero) is 1. The topological polar surface area (TPSA) is 398 Å². The van der Waals surface area contributed by atoms with Crippen LogP contribution in [0.2, 0.25) is 0 Å². The van der Waals surface area contributed by atoms with Crippen molar-refractivity contribution in [2.75, 3.05) is 26.2 Å². The van der Waals surface area contributed by atoms with Gasteiger partial charge in [-0.25, -0.2) is 0 Å². The van der Waals surface area contributed by atoms with Gasteiger partial charge in [0, 0.05) is 25.9 Å². The molecule has 4 bridgehead atoms. The second-order valence-corrected chi connectivity index (χ2v) is 23.2. The lowest BCUT2D eigenvalue weighted by atomic mass is 9.48. The van der Waals surface area contributed by atoms with E-state index in [4.69, 9.17) is 33.4 Å². The van der Waals surface area contributed by atoms with E-state index in [-0.39, 0.29) is 69.4 Å². The Balaban J connectivity index is 1.12. The van der Waals surface area contributed by atoms with Gasteiger partial charge in [0.1, 0.15) is 29.9 Å². The molecular weight excluding hydrogens is 1050 g/mol. The fraction of sp³-hybridized carbons (Fsp3) is 0.603. The number of nitrogens with one attached hydrogen (secondary N) is 6. The molecule has 5 aliphatic rings. The second kappa shape index (κ2) is 29.0. The molecule has 24 nitrogen and oxygen atoms in total. The first-order valence-corrected chi connectivity index (χ1v) is 28.7. The van der Waals surface area contributed by atoms with E-state index in [1.165, 1.54) is 4.90 Å². The monoisotopic (exact) mass is 1140 g/mol. The van der Waals surface area contributed by atoms with E-state index in [0.29, 0.717) is 42.1 Å². The van der Waals surface area contributed by atoms with Crippen molar-refractivity contribution < 1.29 is 52.7 Å². The van der Waals surface area contributed by atoms with Crippen LogP contribution in [0, 0.1) is 29.1 Å². The van der Waals surface area contributed by atoms with Crippen LogP contribution in [0.25, 0.3) is 0 Å². The van der Waals surface area contributed by atoms with Gasteiger partial charge in [-0.3, -0.25) is 58.3 Å². The normalized spacial score (nSPS) is 22.7. The third-order valence-corrected chi connectivity index (χ3v) is 16.4. The van der Waals surface area contributed by atoms with Gasteiger partial charge in [0.25, 0.3) is 5.91 Å². The zero-order valence-electron chi connectivity index (χ0n) is 47.7. The first-order valence-electron chi connectivity index (χ1n) is 28.7. The molecule has 9 amide bonds. The van der Waals surface area contributed by atoms with E-state index in [2.05, 4.69) is 36.9 Å². The van der Waals surface area contributed by atoms with Gasteiger partial charge in [0.15, 0.2) is 17.3 Å². The number of hydrogen-bond donors (Lipinski definition) is 11. The van der Waals surface area contributed by atoms with Crippen LogP contribution >= 0.6 is 0 Å². The number of rotatable bonds is 30. The van der Waals surface area contributed by atoms with Gasteiger partial charge in [-0.15, -0.1) is 0 Å². The number of amides is 9. The molecule has 24 heteroatoms.